The van der Waals surface area contributed by atoms with Crippen molar-refractivity contribution in [3.05, 3.63) is 0 Å². The second-order valence-electron chi connectivity index (χ2n) is 7.50. The Morgan fingerprint density at radius 1 is 1.04 bits per heavy atom. The lowest BCUT2D eigenvalue weighted by Crippen LogP contribution is -2.45. The van der Waals surface area contributed by atoms with E-state index in [1.165, 1.54) is 0 Å². The maximum Gasteiger partial charge on any atom is 0.321 e. The topological polar surface area (TPSA) is 105 Å². The van der Waals surface area contributed by atoms with Crippen molar-refractivity contribution in [2.75, 3.05) is 13.2 Å². The monoisotopic (exact) mass is 365 g/mol. The van der Waals surface area contributed by atoms with Crippen LogP contribution in [0, 0.1) is 5.92 Å². The minimum absolute atomic E-state index is 0.0146. The zero-order valence-corrected chi connectivity index (χ0v) is 15.0. The summed E-state index contributed by atoms with van der Waals surface area (Å²) in [5.41, 5.74) is 0. The van der Waals surface area contributed by atoms with Crippen molar-refractivity contribution in [2.45, 2.75) is 69.9 Å². The highest BCUT2D eigenvalue weighted by Gasteiger charge is 2.39. The van der Waals surface area contributed by atoms with Gasteiger partial charge in [0, 0.05) is 25.0 Å². The van der Waals surface area contributed by atoms with Gasteiger partial charge in [-0.2, -0.15) is 0 Å². The van der Waals surface area contributed by atoms with Gasteiger partial charge in [0.1, 0.15) is 0 Å². The number of carbonyl (C=O) groups is 4. The molecule has 26 heavy (non-hydrogen) atoms. The fourth-order valence-corrected chi connectivity index (χ4v) is 4.17. The SMILES string of the molecule is O=C(COC(=O)[C@H]1CC(=O)N(C2CCCC2)C1)NC(=O)NC1CCCC1. The van der Waals surface area contributed by atoms with E-state index in [4.69, 9.17) is 4.74 Å². The molecule has 0 aromatic rings. The maximum atomic E-state index is 12.1. The van der Waals surface area contributed by atoms with Gasteiger partial charge in [-0.1, -0.05) is 25.7 Å². The first-order chi connectivity index (χ1) is 12.5. The van der Waals surface area contributed by atoms with Gasteiger partial charge >= 0.3 is 12.0 Å². The predicted octanol–water partition coefficient (Wildman–Crippen LogP) is 1.09. The summed E-state index contributed by atoms with van der Waals surface area (Å²) in [6, 6.07) is -0.208. The molecule has 3 aliphatic rings. The first-order valence-electron chi connectivity index (χ1n) is 9.59. The van der Waals surface area contributed by atoms with E-state index in [2.05, 4.69) is 10.6 Å². The zero-order chi connectivity index (χ0) is 18.5. The molecule has 2 aliphatic carbocycles. The fourth-order valence-electron chi connectivity index (χ4n) is 4.17. The zero-order valence-electron chi connectivity index (χ0n) is 15.0. The summed E-state index contributed by atoms with van der Waals surface area (Å²) >= 11 is 0. The highest BCUT2D eigenvalue weighted by atomic mass is 16.5. The molecule has 1 saturated heterocycles. The van der Waals surface area contributed by atoms with Crippen LogP contribution in [-0.4, -0.2) is 54.0 Å². The van der Waals surface area contributed by atoms with Crippen molar-refractivity contribution in [3.63, 3.8) is 0 Å². The Bertz CT molecular complexity index is 567. The summed E-state index contributed by atoms with van der Waals surface area (Å²) in [6.07, 6.45) is 8.35. The number of carbonyl (C=O) groups excluding carboxylic acids is 4. The van der Waals surface area contributed by atoms with E-state index in [0.29, 0.717) is 6.54 Å². The van der Waals surface area contributed by atoms with E-state index in [1.807, 2.05) is 0 Å². The number of ether oxygens (including phenoxy) is 1. The van der Waals surface area contributed by atoms with E-state index in [-0.39, 0.29) is 24.4 Å². The smallest absolute Gasteiger partial charge is 0.321 e. The lowest BCUT2D eigenvalue weighted by molar-refractivity contribution is -0.152. The molecule has 4 amide bonds. The third-order valence-corrected chi connectivity index (χ3v) is 5.55. The van der Waals surface area contributed by atoms with Gasteiger partial charge in [0.15, 0.2) is 6.61 Å². The quantitative estimate of drug-likeness (QED) is 0.710. The molecule has 1 atom stereocenters. The third kappa shape index (κ3) is 4.74. The molecule has 8 heteroatoms. The van der Waals surface area contributed by atoms with Gasteiger partial charge in [0.2, 0.25) is 5.91 Å². The molecule has 3 fully saturated rings. The number of likely N-dealkylation sites (tertiary alicyclic amines) is 1. The summed E-state index contributed by atoms with van der Waals surface area (Å²) in [5.74, 6) is -1.75. The number of nitrogens with one attached hydrogen (secondary N) is 2. The number of rotatable bonds is 5. The number of amides is 4. The van der Waals surface area contributed by atoms with Crippen molar-refractivity contribution < 1.29 is 23.9 Å². The van der Waals surface area contributed by atoms with E-state index in [9.17, 15) is 19.2 Å². The molecular formula is C18H27N3O5. The first kappa shape index (κ1) is 18.7. The molecule has 144 valence electrons. The molecule has 0 aromatic carbocycles. The standard InChI is InChI=1S/C18H27N3O5/c22-15(20-18(25)19-13-5-1-2-6-13)11-26-17(24)12-9-16(23)21(10-12)14-7-3-4-8-14/h12-14H,1-11H2,(H2,19,20,22,25)/t12-/m0/s1. The Kier molecular flexibility index (Phi) is 6.11. The van der Waals surface area contributed by atoms with Crippen molar-refractivity contribution in [2.24, 2.45) is 5.92 Å². The molecule has 0 radical (unpaired) electrons. The minimum atomic E-state index is -0.661. The number of esters is 1. The normalized spacial score (nSPS) is 24.1. The average molecular weight is 365 g/mol. The molecular weight excluding hydrogens is 338 g/mol. The maximum absolute atomic E-state index is 12.1. The van der Waals surface area contributed by atoms with Gasteiger partial charge in [0.25, 0.3) is 5.91 Å². The van der Waals surface area contributed by atoms with Crippen LogP contribution in [0.1, 0.15) is 57.8 Å². The van der Waals surface area contributed by atoms with Crippen LogP contribution in [0.2, 0.25) is 0 Å². The van der Waals surface area contributed by atoms with Crippen LogP contribution in [0.25, 0.3) is 0 Å². The average Bonchev–Trinajstić information content (AvgIpc) is 3.33. The Hall–Kier alpha value is -2.12. The molecule has 0 aromatic heterocycles. The van der Waals surface area contributed by atoms with Crippen LogP contribution in [0.3, 0.4) is 0 Å². The Labute approximate surface area is 153 Å². The van der Waals surface area contributed by atoms with E-state index in [1.54, 1.807) is 4.90 Å². The number of hydrogen-bond acceptors (Lipinski definition) is 5. The summed E-state index contributed by atoms with van der Waals surface area (Å²) in [5, 5.41) is 4.90. The van der Waals surface area contributed by atoms with Crippen LogP contribution in [-0.2, 0) is 19.1 Å². The second kappa shape index (κ2) is 8.51. The van der Waals surface area contributed by atoms with Crippen LogP contribution in [0.5, 0.6) is 0 Å². The molecule has 0 spiro atoms. The van der Waals surface area contributed by atoms with Gasteiger partial charge < -0.3 is 15.0 Å². The lowest BCUT2D eigenvalue weighted by Gasteiger charge is -2.23. The molecule has 0 unspecified atom stereocenters. The number of hydrogen-bond donors (Lipinski definition) is 2. The van der Waals surface area contributed by atoms with Gasteiger partial charge in [-0.05, 0) is 25.7 Å². The van der Waals surface area contributed by atoms with Gasteiger partial charge in [0.05, 0.1) is 5.92 Å². The van der Waals surface area contributed by atoms with Gasteiger partial charge in [-0.15, -0.1) is 0 Å². The van der Waals surface area contributed by atoms with Crippen molar-refractivity contribution in [1.82, 2.24) is 15.5 Å². The predicted molar refractivity (Wildman–Crippen MR) is 92.0 cm³/mol. The second-order valence-corrected chi connectivity index (χ2v) is 7.50. The van der Waals surface area contributed by atoms with Crippen molar-refractivity contribution in [3.8, 4) is 0 Å². The highest BCUT2D eigenvalue weighted by molar-refractivity contribution is 5.96. The van der Waals surface area contributed by atoms with Crippen molar-refractivity contribution >= 4 is 23.8 Å². The minimum Gasteiger partial charge on any atom is -0.455 e. The highest BCUT2D eigenvalue weighted by Crippen LogP contribution is 2.29. The molecule has 1 heterocycles. The Balaban J connectivity index is 1.37. The number of nitrogens with zero attached hydrogens (tertiary/aromatic N) is 1. The molecule has 0 bridgehead atoms. The van der Waals surface area contributed by atoms with Crippen LogP contribution >= 0.6 is 0 Å². The third-order valence-electron chi connectivity index (χ3n) is 5.55. The van der Waals surface area contributed by atoms with Crippen LogP contribution in [0.4, 0.5) is 4.79 Å². The van der Waals surface area contributed by atoms with E-state index < -0.39 is 30.4 Å². The molecule has 1 aliphatic heterocycles. The summed E-state index contributed by atoms with van der Waals surface area (Å²) < 4.78 is 5.01. The van der Waals surface area contributed by atoms with Crippen molar-refractivity contribution in [1.29, 1.82) is 0 Å². The first-order valence-corrected chi connectivity index (χ1v) is 9.59. The molecule has 2 N–H and O–H groups in total. The van der Waals surface area contributed by atoms with E-state index in [0.717, 1.165) is 51.4 Å². The summed E-state index contributed by atoms with van der Waals surface area (Å²) in [4.78, 5) is 49.5. The van der Waals surface area contributed by atoms with Crippen LogP contribution < -0.4 is 10.6 Å². The largest absolute Gasteiger partial charge is 0.455 e. The fraction of sp³-hybridized carbons (Fsp3) is 0.778. The van der Waals surface area contributed by atoms with Gasteiger partial charge in [-0.25, -0.2) is 4.79 Å². The van der Waals surface area contributed by atoms with Crippen LogP contribution in [0.15, 0.2) is 0 Å². The Morgan fingerprint density at radius 3 is 2.38 bits per heavy atom. The molecule has 2 saturated carbocycles. The number of imide groups is 1. The molecule has 3 rings (SSSR count). The van der Waals surface area contributed by atoms with E-state index >= 15 is 0 Å². The molecule has 8 nitrogen and oxygen atoms in total. The van der Waals surface area contributed by atoms with Gasteiger partial charge in [-0.3, -0.25) is 19.7 Å². The lowest BCUT2D eigenvalue weighted by atomic mass is 10.1. The number of urea groups is 1. The summed E-state index contributed by atoms with van der Waals surface area (Å²) in [6.45, 7) is -0.142. The Morgan fingerprint density at radius 2 is 1.69 bits per heavy atom. The summed E-state index contributed by atoms with van der Waals surface area (Å²) in [7, 11) is 0.